The normalized spacial score (nSPS) is 23.4. The molecule has 2 unspecified atom stereocenters. The molecular weight excluding hydrogens is 296 g/mol. The molecule has 5 nitrogen and oxygen atoms in total. The van der Waals surface area contributed by atoms with Crippen LogP contribution in [0.1, 0.15) is 48.0 Å². The van der Waals surface area contributed by atoms with Crippen LogP contribution in [0.5, 0.6) is 0 Å². The maximum Gasteiger partial charge on any atom is 0.330 e. The molecule has 0 aromatic carbocycles. The van der Waals surface area contributed by atoms with E-state index >= 15 is 0 Å². The van der Waals surface area contributed by atoms with Gasteiger partial charge in [-0.25, -0.2) is 0 Å². The van der Waals surface area contributed by atoms with Crippen LogP contribution in [0.25, 0.3) is 0 Å². The van der Waals surface area contributed by atoms with Gasteiger partial charge >= 0.3 is 11.9 Å². The predicted octanol–water partition coefficient (Wildman–Crippen LogP) is 3.12. The van der Waals surface area contributed by atoms with Crippen molar-refractivity contribution in [2.24, 2.45) is 17.3 Å². The summed E-state index contributed by atoms with van der Waals surface area (Å²) in [6, 6.07) is 0. The van der Waals surface area contributed by atoms with E-state index in [9.17, 15) is 9.59 Å². The maximum absolute atomic E-state index is 12.8. The van der Waals surface area contributed by atoms with E-state index in [1.807, 2.05) is 13.8 Å². The molecule has 1 heterocycles. The zero-order valence-corrected chi connectivity index (χ0v) is 15.2. The molecule has 0 saturated carbocycles. The highest BCUT2D eigenvalue weighted by Gasteiger charge is 2.64. The Balaban J connectivity index is 3.38. The SMILES string of the molecule is C=C1C(CC(C)C)OC(C(C)C)C1(C(=O)OCC)C(=O)OCC. The van der Waals surface area contributed by atoms with Crippen molar-refractivity contribution < 1.29 is 23.8 Å². The lowest BCUT2D eigenvalue weighted by Gasteiger charge is -2.32. The van der Waals surface area contributed by atoms with Gasteiger partial charge in [0.05, 0.1) is 25.4 Å². The molecule has 1 aliphatic heterocycles. The second-order valence-electron chi connectivity index (χ2n) is 6.69. The Morgan fingerprint density at radius 1 is 1.13 bits per heavy atom. The van der Waals surface area contributed by atoms with Crippen molar-refractivity contribution in [2.75, 3.05) is 13.2 Å². The first-order chi connectivity index (χ1) is 10.7. The second-order valence-corrected chi connectivity index (χ2v) is 6.69. The fourth-order valence-corrected chi connectivity index (χ4v) is 3.15. The Hall–Kier alpha value is -1.36. The molecule has 1 rings (SSSR count). The summed E-state index contributed by atoms with van der Waals surface area (Å²) in [6.07, 6.45) is -0.282. The number of ether oxygens (including phenoxy) is 3. The molecule has 0 radical (unpaired) electrons. The molecule has 0 bridgehead atoms. The lowest BCUT2D eigenvalue weighted by Crippen LogP contribution is -2.51. The third-order valence-electron chi connectivity index (χ3n) is 4.12. The van der Waals surface area contributed by atoms with Gasteiger partial charge in [-0.05, 0) is 37.7 Å². The first-order valence-electron chi connectivity index (χ1n) is 8.42. The van der Waals surface area contributed by atoms with Crippen LogP contribution in [0.2, 0.25) is 0 Å². The fourth-order valence-electron chi connectivity index (χ4n) is 3.15. The Bertz CT molecular complexity index is 434. The molecule has 1 saturated heterocycles. The monoisotopic (exact) mass is 326 g/mol. The van der Waals surface area contributed by atoms with E-state index in [2.05, 4.69) is 20.4 Å². The van der Waals surface area contributed by atoms with Crippen molar-refractivity contribution in [3.8, 4) is 0 Å². The average Bonchev–Trinajstić information content (AvgIpc) is 2.73. The highest BCUT2D eigenvalue weighted by atomic mass is 16.6. The third kappa shape index (κ3) is 3.60. The van der Waals surface area contributed by atoms with Gasteiger partial charge in [0.2, 0.25) is 5.41 Å². The summed E-state index contributed by atoms with van der Waals surface area (Å²) in [6.45, 7) is 15.8. The number of rotatable bonds is 7. The molecule has 1 fully saturated rings. The van der Waals surface area contributed by atoms with Crippen LogP contribution in [0.4, 0.5) is 0 Å². The smallest absolute Gasteiger partial charge is 0.330 e. The van der Waals surface area contributed by atoms with Gasteiger partial charge in [0.1, 0.15) is 0 Å². The number of hydrogen-bond acceptors (Lipinski definition) is 5. The van der Waals surface area contributed by atoms with Crippen molar-refractivity contribution >= 4 is 11.9 Å². The van der Waals surface area contributed by atoms with Gasteiger partial charge in [-0.2, -0.15) is 0 Å². The van der Waals surface area contributed by atoms with E-state index in [-0.39, 0.29) is 25.2 Å². The van der Waals surface area contributed by atoms with E-state index in [1.54, 1.807) is 13.8 Å². The molecule has 0 spiro atoms. The van der Waals surface area contributed by atoms with Gasteiger partial charge in [-0.1, -0.05) is 34.3 Å². The maximum atomic E-state index is 12.8. The van der Waals surface area contributed by atoms with Crippen molar-refractivity contribution in [3.63, 3.8) is 0 Å². The van der Waals surface area contributed by atoms with E-state index in [0.717, 1.165) is 0 Å². The molecule has 5 heteroatoms. The van der Waals surface area contributed by atoms with Crippen molar-refractivity contribution in [1.82, 2.24) is 0 Å². The minimum Gasteiger partial charge on any atom is -0.465 e. The Morgan fingerprint density at radius 2 is 1.61 bits per heavy atom. The zero-order valence-electron chi connectivity index (χ0n) is 15.2. The summed E-state index contributed by atoms with van der Waals surface area (Å²) < 4.78 is 16.5. The average molecular weight is 326 g/mol. The number of hydrogen-bond donors (Lipinski definition) is 0. The predicted molar refractivity (Wildman–Crippen MR) is 87.8 cm³/mol. The van der Waals surface area contributed by atoms with Gasteiger partial charge in [0.15, 0.2) is 0 Å². The van der Waals surface area contributed by atoms with E-state index in [4.69, 9.17) is 14.2 Å². The largest absolute Gasteiger partial charge is 0.465 e. The molecule has 0 aliphatic carbocycles. The lowest BCUT2D eigenvalue weighted by molar-refractivity contribution is -0.176. The quantitative estimate of drug-likeness (QED) is 0.409. The van der Waals surface area contributed by atoms with E-state index < -0.39 is 23.5 Å². The molecule has 1 aliphatic rings. The topological polar surface area (TPSA) is 61.8 Å². The van der Waals surface area contributed by atoms with Crippen LogP contribution in [0, 0.1) is 17.3 Å². The number of carbonyl (C=O) groups excluding carboxylic acids is 2. The molecule has 23 heavy (non-hydrogen) atoms. The standard InChI is InChI=1S/C18H30O5/c1-8-21-16(19)18(17(20)22-9-2)13(7)14(10-11(3)4)23-15(18)12(5)6/h11-12,14-15H,7-10H2,1-6H3. The molecule has 0 N–H and O–H groups in total. The van der Waals surface area contributed by atoms with Crippen molar-refractivity contribution in [2.45, 2.75) is 60.2 Å². The Morgan fingerprint density at radius 3 is 1.96 bits per heavy atom. The first-order valence-corrected chi connectivity index (χ1v) is 8.42. The van der Waals surface area contributed by atoms with Crippen LogP contribution in [-0.4, -0.2) is 37.4 Å². The van der Waals surface area contributed by atoms with Crippen LogP contribution in [-0.2, 0) is 23.8 Å². The van der Waals surface area contributed by atoms with E-state index in [1.165, 1.54) is 0 Å². The third-order valence-corrected chi connectivity index (χ3v) is 4.12. The van der Waals surface area contributed by atoms with Gasteiger partial charge in [-0.15, -0.1) is 0 Å². The van der Waals surface area contributed by atoms with Crippen LogP contribution in [0.3, 0.4) is 0 Å². The molecule has 132 valence electrons. The highest BCUT2D eigenvalue weighted by Crippen LogP contribution is 2.49. The fraction of sp³-hybridized carbons (Fsp3) is 0.778. The summed E-state index contributed by atoms with van der Waals surface area (Å²) in [4.78, 5) is 25.6. The summed E-state index contributed by atoms with van der Waals surface area (Å²) in [5.74, 6) is -0.940. The lowest BCUT2D eigenvalue weighted by atomic mass is 9.72. The summed E-state index contributed by atoms with van der Waals surface area (Å²) >= 11 is 0. The summed E-state index contributed by atoms with van der Waals surface area (Å²) in [7, 11) is 0. The second kappa shape index (κ2) is 7.95. The highest BCUT2D eigenvalue weighted by molar-refractivity contribution is 6.05. The zero-order chi connectivity index (χ0) is 17.8. The van der Waals surface area contributed by atoms with Crippen molar-refractivity contribution in [1.29, 1.82) is 0 Å². The molecular formula is C18H30O5. The molecule has 0 aromatic rings. The minimum atomic E-state index is -1.57. The van der Waals surface area contributed by atoms with Crippen molar-refractivity contribution in [3.05, 3.63) is 12.2 Å². The minimum absolute atomic E-state index is 0.0577. The number of carbonyl (C=O) groups is 2. The van der Waals surface area contributed by atoms with Gasteiger partial charge in [-0.3, -0.25) is 9.59 Å². The summed E-state index contributed by atoms with van der Waals surface area (Å²) in [5, 5.41) is 0. The van der Waals surface area contributed by atoms with Crippen LogP contribution >= 0.6 is 0 Å². The van der Waals surface area contributed by atoms with E-state index in [0.29, 0.717) is 17.9 Å². The first kappa shape index (κ1) is 19.7. The van der Waals surface area contributed by atoms with Crippen LogP contribution in [0.15, 0.2) is 12.2 Å². The van der Waals surface area contributed by atoms with Crippen LogP contribution < -0.4 is 0 Å². The van der Waals surface area contributed by atoms with Gasteiger partial charge in [0.25, 0.3) is 0 Å². The molecule has 0 aromatic heterocycles. The Labute approximate surface area is 139 Å². The number of esters is 2. The molecule has 2 atom stereocenters. The molecule has 0 amide bonds. The Kier molecular flexibility index (Phi) is 6.81. The van der Waals surface area contributed by atoms with Gasteiger partial charge in [0, 0.05) is 0 Å². The summed E-state index contributed by atoms with van der Waals surface area (Å²) in [5.41, 5.74) is -1.11. The van der Waals surface area contributed by atoms with Gasteiger partial charge < -0.3 is 14.2 Å².